The Kier molecular flexibility index (Phi) is 9.71. The van der Waals surface area contributed by atoms with Gasteiger partial charge in [-0.1, -0.05) is 44.2 Å². The molecule has 0 spiro atoms. The summed E-state index contributed by atoms with van der Waals surface area (Å²) in [6.45, 7) is 10.5. The fraction of sp³-hybridized carbons (Fsp3) is 0.720. The van der Waals surface area contributed by atoms with Gasteiger partial charge >= 0.3 is 0 Å². The van der Waals surface area contributed by atoms with Crippen LogP contribution in [0.1, 0.15) is 65.9 Å². The van der Waals surface area contributed by atoms with E-state index in [1.807, 2.05) is 59.7 Å². The lowest BCUT2D eigenvalue weighted by molar-refractivity contribution is -0.137. The smallest absolute Gasteiger partial charge is 0.237 e. The molecule has 2 bridgehead atoms. The first-order chi connectivity index (χ1) is 14.6. The van der Waals surface area contributed by atoms with E-state index in [4.69, 9.17) is 0 Å². The Morgan fingerprint density at radius 1 is 1.13 bits per heavy atom. The highest BCUT2D eigenvalue weighted by atomic mass is 32.2. The second-order valence-corrected chi connectivity index (χ2v) is 11.9. The number of carbonyl (C=O) groups excluding carboxylic acids is 1. The van der Waals surface area contributed by atoms with Crippen LogP contribution in [0.5, 0.6) is 0 Å². The fourth-order valence-corrected chi connectivity index (χ4v) is 5.70. The molecule has 176 valence electrons. The van der Waals surface area contributed by atoms with Gasteiger partial charge in [-0.15, -0.1) is 0 Å². The molecule has 0 aromatic heterocycles. The van der Waals surface area contributed by atoms with Crippen LogP contribution in [0.2, 0.25) is 0 Å². The van der Waals surface area contributed by atoms with Crippen molar-refractivity contribution in [2.75, 3.05) is 20.6 Å². The van der Waals surface area contributed by atoms with Crippen molar-refractivity contribution in [2.24, 2.45) is 5.92 Å². The molecule has 6 heteroatoms. The zero-order chi connectivity index (χ0) is 23.2. The van der Waals surface area contributed by atoms with Gasteiger partial charge in [0, 0.05) is 18.1 Å². The average molecular weight is 450 g/mol. The number of hydrogen-bond acceptors (Lipinski definition) is 3. The van der Waals surface area contributed by atoms with Gasteiger partial charge in [0.15, 0.2) is 0 Å². The number of hydrogen-bond donors (Lipinski definition) is 1. The Labute approximate surface area is 192 Å². The first-order valence-electron chi connectivity index (χ1n) is 11.8. The molecule has 0 aliphatic carbocycles. The lowest BCUT2D eigenvalue weighted by Gasteiger charge is -2.42. The third-order valence-electron chi connectivity index (χ3n) is 6.19. The average Bonchev–Trinajstić information content (AvgIpc) is 2.98. The molecule has 2 aliphatic rings. The highest BCUT2D eigenvalue weighted by molar-refractivity contribution is 7.84. The van der Waals surface area contributed by atoms with Crippen LogP contribution in [-0.4, -0.2) is 63.4 Å². The van der Waals surface area contributed by atoms with Gasteiger partial charge in [0.2, 0.25) is 5.91 Å². The molecule has 5 atom stereocenters. The molecule has 2 saturated heterocycles. The number of piperidine rings is 1. The molecule has 2 aliphatic heterocycles. The number of nitrogens with one attached hydrogen (secondary N) is 1. The Balaban J connectivity index is 0.00000166. The highest BCUT2D eigenvalue weighted by Gasteiger charge is 2.45. The molecular weight excluding hydrogens is 406 g/mol. The van der Waals surface area contributed by atoms with Crippen molar-refractivity contribution in [3.8, 4) is 0 Å². The lowest BCUT2D eigenvalue weighted by Crippen LogP contribution is -2.54. The third kappa shape index (κ3) is 7.13. The largest absolute Gasteiger partial charge is 0.336 e. The summed E-state index contributed by atoms with van der Waals surface area (Å²) in [4.78, 5) is 16.9. The Morgan fingerprint density at radius 3 is 2.16 bits per heavy atom. The molecule has 2 heterocycles. The minimum atomic E-state index is -1.11. The molecule has 1 amide bonds. The van der Waals surface area contributed by atoms with Crippen LogP contribution >= 0.6 is 0 Å². The van der Waals surface area contributed by atoms with Gasteiger partial charge in [0.25, 0.3) is 0 Å². The standard InChI is InChI=1S/C23H37N3O2S.C2H6/c1-23(2,3)29(28)24-21(13-17-9-7-6-8-10-17)18-14-19-11-12-20(15-18)26(19)22(27)16-25(4)5;1-2/h6-10,18-21,24H,11-16H2,1-5H3;1-2H3/t18?,19-,20+,21-,29-;/m0./s1. The van der Waals surface area contributed by atoms with E-state index in [1.54, 1.807) is 0 Å². The van der Waals surface area contributed by atoms with Crippen LogP contribution in [0.25, 0.3) is 0 Å². The summed E-state index contributed by atoms with van der Waals surface area (Å²) >= 11 is 0. The van der Waals surface area contributed by atoms with Crippen LogP contribution in [-0.2, 0) is 22.2 Å². The van der Waals surface area contributed by atoms with Gasteiger partial charge in [-0.3, -0.25) is 4.79 Å². The molecule has 1 aromatic rings. The molecule has 0 saturated carbocycles. The minimum absolute atomic E-state index is 0.159. The summed E-state index contributed by atoms with van der Waals surface area (Å²) in [5.74, 6) is 0.689. The number of rotatable bonds is 7. The monoisotopic (exact) mass is 449 g/mol. The Bertz CT molecular complexity index is 703. The van der Waals surface area contributed by atoms with Crippen molar-refractivity contribution in [1.82, 2.24) is 14.5 Å². The quantitative estimate of drug-likeness (QED) is 0.684. The van der Waals surface area contributed by atoms with Crippen molar-refractivity contribution in [1.29, 1.82) is 0 Å². The number of likely N-dealkylation sites (N-methyl/N-ethyl adjacent to an activating group) is 1. The SMILES string of the molecule is CC.CN(C)CC(=O)N1[C@@H]2CC[C@H]1CC([C@H](Cc1ccccc1)N[S@@](=O)C(C)(C)C)C2. The lowest BCUT2D eigenvalue weighted by atomic mass is 9.82. The van der Waals surface area contributed by atoms with Crippen LogP contribution < -0.4 is 4.72 Å². The summed E-state index contributed by atoms with van der Waals surface area (Å²) in [7, 11) is 2.80. The summed E-state index contributed by atoms with van der Waals surface area (Å²) < 4.78 is 16.1. The van der Waals surface area contributed by atoms with Gasteiger partial charge in [0.05, 0.1) is 22.3 Å². The topological polar surface area (TPSA) is 52.7 Å². The van der Waals surface area contributed by atoms with Crippen molar-refractivity contribution in [2.45, 2.75) is 89.6 Å². The molecule has 1 unspecified atom stereocenters. The van der Waals surface area contributed by atoms with Crippen molar-refractivity contribution < 1.29 is 9.00 Å². The summed E-state index contributed by atoms with van der Waals surface area (Å²) in [5.41, 5.74) is 1.27. The Morgan fingerprint density at radius 2 is 1.68 bits per heavy atom. The zero-order valence-electron chi connectivity index (χ0n) is 20.6. The normalized spacial score (nSPS) is 25.0. The van der Waals surface area contributed by atoms with Crippen molar-refractivity contribution >= 4 is 16.9 Å². The maximum atomic E-state index is 12.9. The molecular formula is C25H43N3O2S. The maximum absolute atomic E-state index is 12.9. The van der Waals surface area contributed by atoms with Gasteiger partial charge < -0.3 is 9.80 Å². The van der Waals surface area contributed by atoms with E-state index in [0.29, 0.717) is 24.5 Å². The second kappa shape index (κ2) is 11.6. The van der Waals surface area contributed by atoms with Gasteiger partial charge in [-0.25, -0.2) is 8.93 Å². The zero-order valence-corrected chi connectivity index (χ0v) is 21.4. The number of carbonyl (C=O) groups is 1. The van der Waals surface area contributed by atoms with E-state index in [9.17, 15) is 9.00 Å². The molecule has 31 heavy (non-hydrogen) atoms. The van der Waals surface area contributed by atoms with Crippen molar-refractivity contribution in [3.05, 3.63) is 35.9 Å². The summed E-state index contributed by atoms with van der Waals surface area (Å²) in [5, 5.41) is 0. The van der Waals surface area contributed by atoms with Crippen LogP contribution in [0.4, 0.5) is 0 Å². The van der Waals surface area contributed by atoms with Gasteiger partial charge in [-0.05, 0) is 78.5 Å². The van der Waals surface area contributed by atoms with Crippen LogP contribution in [0, 0.1) is 5.92 Å². The number of amides is 1. The molecule has 1 aromatic carbocycles. The maximum Gasteiger partial charge on any atom is 0.237 e. The molecule has 1 N–H and O–H groups in total. The molecule has 5 nitrogen and oxygen atoms in total. The number of nitrogens with zero attached hydrogens (tertiary/aromatic N) is 2. The second-order valence-electron chi connectivity index (χ2n) is 9.95. The number of benzene rings is 1. The third-order valence-corrected chi connectivity index (χ3v) is 7.82. The predicted molar refractivity (Wildman–Crippen MR) is 131 cm³/mol. The van der Waals surface area contributed by atoms with E-state index in [0.717, 1.165) is 32.1 Å². The van der Waals surface area contributed by atoms with Crippen LogP contribution in [0.15, 0.2) is 30.3 Å². The highest BCUT2D eigenvalue weighted by Crippen LogP contribution is 2.40. The summed E-state index contributed by atoms with van der Waals surface area (Å²) in [6.07, 6.45) is 5.07. The fourth-order valence-electron chi connectivity index (χ4n) is 4.79. The number of fused-ring (bicyclic) bond motifs is 2. The van der Waals surface area contributed by atoms with E-state index < -0.39 is 11.0 Å². The summed E-state index contributed by atoms with van der Waals surface area (Å²) in [6, 6.07) is 11.3. The Hall–Kier alpha value is -1.24. The molecule has 2 fully saturated rings. The van der Waals surface area contributed by atoms with Gasteiger partial charge in [0.1, 0.15) is 0 Å². The van der Waals surface area contributed by atoms with E-state index in [-0.39, 0.29) is 16.7 Å². The minimum Gasteiger partial charge on any atom is -0.336 e. The van der Waals surface area contributed by atoms with Crippen molar-refractivity contribution in [3.63, 3.8) is 0 Å². The molecule has 0 radical (unpaired) electrons. The van der Waals surface area contributed by atoms with E-state index in [2.05, 4.69) is 33.9 Å². The first kappa shape index (κ1) is 26.0. The van der Waals surface area contributed by atoms with Crippen LogP contribution in [0.3, 0.4) is 0 Å². The van der Waals surface area contributed by atoms with E-state index >= 15 is 0 Å². The molecule has 3 rings (SSSR count). The van der Waals surface area contributed by atoms with E-state index in [1.165, 1.54) is 5.56 Å². The van der Waals surface area contributed by atoms with Gasteiger partial charge in [-0.2, -0.15) is 0 Å². The first-order valence-corrected chi connectivity index (χ1v) is 13.0. The predicted octanol–water partition coefficient (Wildman–Crippen LogP) is 4.01.